The van der Waals surface area contributed by atoms with Crippen LogP contribution in [0.1, 0.15) is 16.8 Å². The number of phenolic OH excluding ortho intramolecular Hbond substituents is 1. The largest absolute Gasteiger partial charge is 0.507 e. The van der Waals surface area contributed by atoms with Crippen molar-refractivity contribution in [3.05, 3.63) is 29.6 Å². The summed E-state index contributed by atoms with van der Waals surface area (Å²) in [7, 11) is -0.908. The van der Waals surface area contributed by atoms with Crippen molar-refractivity contribution in [1.29, 1.82) is 0 Å². The third-order valence-corrected chi connectivity index (χ3v) is 2.98. The van der Waals surface area contributed by atoms with Crippen LogP contribution in [0.15, 0.2) is 18.2 Å². The van der Waals surface area contributed by atoms with Crippen LogP contribution in [0.3, 0.4) is 0 Å². The third kappa shape index (κ3) is 4.14. The average molecular weight is 259 g/mol. The molecule has 0 aliphatic carbocycles. The lowest BCUT2D eigenvalue weighted by molar-refractivity contribution is 0.0947. The first-order chi connectivity index (χ1) is 8.02. The van der Waals surface area contributed by atoms with Gasteiger partial charge in [0, 0.05) is 29.4 Å². The molecule has 6 heteroatoms. The van der Waals surface area contributed by atoms with Crippen LogP contribution >= 0.6 is 0 Å². The lowest BCUT2D eigenvalue weighted by Crippen LogP contribution is -2.26. The van der Waals surface area contributed by atoms with E-state index >= 15 is 0 Å². The van der Waals surface area contributed by atoms with E-state index in [0.717, 1.165) is 6.07 Å². The predicted molar refractivity (Wildman–Crippen MR) is 63.9 cm³/mol. The zero-order valence-corrected chi connectivity index (χ0v) is 10.2. The monoisotopic (exact) mass is 259 g/mol. The van der Waals surface area contributed by atoms with Gasteiger partial charge in [-0.1, -0.05) is 6.07 Å². The molecule has 1 amide bonds. The summed E-state index contributed by atoms with van der Waals surface area (Å²) in [5.41, 5.74) is -0.356. The number of amides is 1. The standard InChI is InChI=1S/C11H14FNO3S/c1-17(16)7-3-6-13-11(15)10-8(12)4-2-5-9(10)14/h2,4-5,14H,3,6-7H2,1H3,(H,13,15)/t17-/m0/s1. The van der Waals surface area contributed by atoms with Gasteiger partial charge in [0.15, 0.2) is 0 Å². The third-order valence-electron chi connectivity index (χ3n) is 2.11. The summed E-state index contributed by atoms with van der Waals surface area (Å²) in [6.45, 7) is 0.298. The molecule has 2 N–H and O–H groups in total. The van der Waals surface area contributed by atoms with E-state index in [2.05, 4.69) is 5.32 Å². The van der Waals surface area contributed by atoms with Crippen molar-refractivity contribution < 1.29 is 18.5 Å². The molecular formula is C11H14FNO3S. The van der Waals surface area contributed by atoms with E-state index in [0.29, 0.717) is 18.7 Å². The van der Waals surface area contributed by atoms with E-state index in [9.17, 15) is 18.5 Å². The highest BCUT2D eigenvalue weighted by atomic mass is 32.2. The van der Waals surface area contributed by atoms with Crippen molar-refractivity contribution in [3.63, 3.8) is 0 Å². The van der Waals surface area contributed by atoms with E-state index in [-0.39, 0.29) is 11.3 Å². The molecule has 1 atom stereocenters. The van der Waals surface area contributed by atoms with Crippen molar-refractivity contribution in [2.45, 2.75) is 6.42 Å². The molecule has 0 radical (unpaired) electrons. The molecular weight excluding hydrogens is 245 g/mol. The second-order valence-electron chi connectivity index (χ2n) is 3.52. The van der Waals surface area contributed by atoms with E-state index in [1.54, 1.807) is 6.26 Å². The zero-order valence-electron chi connectivity index (χ0n) is 9.40. The maximum atomic E-state index is 13.3. The quantitative estimate of drug-likeness (QED) is 0.776. The lowest BCUT2D eigenvalue weighted by Gasteiger charge is -2.07. The summed E-state index contributed by atoms with van der Waals surface area (Å²) < 4.78 is 24.0. The van der Waals surface area contributed by atoms with Crippen LogP contribution in [0.25, 0.3) is 0 Å². The Balaban J connectivity index is 2.55. The molecule has 0 bridgehead atoms. The number of hydrogen-bond acceptors (Lipinski definition) is 3. The highest BCUT2D eigenvalue weighted by molar-refractivity contribution is 7.84. The van der Waals surface area contributed by atoms with Crippen LogP contribution in [0.4, 0.5) is 4.39 Å². The summed E-state index contributed by atoms with van der Waals surface area (Å²) >= 11 is 0. The minimum Gasteiger partial charge on any atom is -0.507 e. The highest BCUT2D eigenvalue weighted by Crippen LogP contribution is 2.19. The molecule has 0 spiro atoms. The van der Waals surface area contributed by atoms with E-state index < -0.39 is 22.5 Å². The molecule has 0 unspecified atom stereocenters. The Morgan fingerprint density at radius 1 is 1.53 bits per heavy atom. The summed E-state index contributed by atoms with van der Waals surface area (Å²) in [4.78, 5) is 11.5. The van der Waals surface area contributed by atoms with E-state index in [1.807, 2.05) is 0 Å². The van der Waals surface area contributed by atoms with Crippen LogP contribution in [-0.2, 0) is 10.8 Å². The Morgan fingerprint density at radius 2 is 2.24 bits per heavy atom. The van der Waals surface area contributed by atoms with Gasteiger partial charge in [0.2, 0.25) is 0 Å². The number of halogens is 1. The van der Waals surface area contributed by atoms with Gasteiger partial charge in [0.05, 0.1) is 0 Å². The molecule has 0 aromatic heterocycles. The fourth-order valence-electron chi connectivity index (χ4n) is 1.30. The van der Waals surface area contributed by atoms with Gasteiger partial charge in [0.25, 0.3) is 5.91 Å². The van der Waals surface area contributed by atoms with E-state index in [4.69, 9.17) is 0 Å². The van der Waals surface area contributed by atoms with Crippen LogP contribution in [0.5, 0.6) is 5.75 Å². The van der Waals surface area contributed by atoms with Crippen LogP contribution in [0.2, 0.25) is 0 Å². The van der Waals surface area contributed by atoms with Gasteiger partial charge in [-0.3, -0.25) is 9.00 Å². The first kappa shape index (κ1) is 13.6. The normalized spacial score (nSPS) is 12.1. The van der Waals surface area contributed by atoms with Gasteiger partial charge >= 0.3 is 0 Å². The number of aromatic hydroxyl groups is 1. The molecule has 0 saturated heterocycles. The molecule has 0 aliphatic rings. The highest BCUT2D eigenvalue weighted by Gasteiger charge is 2.15. The predicted octanol–water partition coefficient (Wildman–Crippen LogP) is 1.03. The smallest absolute Gasteiger partial charge is 0.258 e. The fourth-order valence-corrected chi connectivity index (χ4v) is 1.85. The maximum absolute atomic E-state index is 13.3. The average Bonchev–Trinajstić information content (AvgIpc) is 2.24. The molecule has 94 valence electrons. The van der Waals surface area contributed by atoms with Crippen LogP contribution in [-0.4, -0.2) is 33.8 Å². The van der Waals surface area contributed by atoms with Gasteiger partial charge in [0.1, 0.15) is 17.1 Å². The van der Waals surface area contributed by atoms with Gasteiger partial charge < -0.3 is 10.4 Å². The Kier molecular flexibility index (Phi) is 5.09. The Hall–Kier alpha value is -1.43. The van der Waals surface area contributed by atoms with Crippen LogP contribution < -0.4 is 5.32 Å². The Bertz CT molecular complexity index is 416. The van der Waals surface area contributed by atoms with Crippen LogP contribution in [0, 0.1) is 5.82 Å². The van der Waals surface area contributed by atoms with Crippen molar-refractivity contribution in [3.8, 4) is 5.75 Å². The zero-order chi connectivity index (χ0) is 12.8. The fraction of sp³-hybridized carbons (Fsp3) is 0.364. The Labute approximate surface area is 101 Å². The second-order valence-corrected chi connectivity index (χ2v) is 5.08. The number of nitrogens with one attached hydrogen (secondary N) is 1. The number of carbonyl (C=O) groups excluding carboxylic acids is 1. The van der Waals surface area contributed by atoms with Gasteiger partial charge in [-0.2, -0.15) is 0 Å². The molecule has 4 nitrogen and oxygen atoms in total. The topological polar surface area (TPSA) is 66.4 Å². The molecule has 17 heavy (non-hydrogen) atoms. The minimum absolute atomic E-state index is 0.298. The first-order valence-corrected chi connectivity index (χ1v) is 6.81. The maximum Gasteiger partial charge on any atom is 0.258 e. The number of benzene rings is 1. The molecule has 1 rings (SSSR count). The SMILES string of the molecule is C[S@](=O)CCCNC(=O)c1c(O)cccc1F. The minimum atomic E-state index is -0.908. The number of carbonyl (C=O) groups is 1. The van der Waals surface area contributed by atoms with E-state index in [1.165, 1.54) is 12.1 Å². The van der Waals surface area contributed by atoms with Crippen molar-refractivity contribution in [1.82, 2.24) is 5.32 Å². The first-order valence-electron chi connectivity index (χ1n) is 5.08. The summed E-state index contributed by atoms with van der Waals surface area (Å²) in [5.74, 6) is -1.34. The van der Waals surface area contributed by atoms with Crippen molar-refractivity contribution in [2.75, 3.05) is 18.6 Å². The van der Waals surface area contributed by atoms with Gasteiger partial charge in [-0.05, 0) is 18.6 Å². The number of phenols is 1. The van der Waals surface area contributed by atoms with Gasteiger partial charge in [-0.15, -0.1) is 0 Å². The second kappa shape index (κ2) is 6.34. The lowest BCUT2D eigenvalue weighted by atomic mass is 10.1. The van der Waals surface area contributed by atoms with Crippen molar-refractivity contribution >= 4 is 16.7 Å². The molecule has 0 aliphatic heterocycles. The Morgan fingerprint density at radius 3 is 2.82 bits per heavy atom. The summed E-state index contributed by atoms with van der Waals surface area (Å²) in [6, 6.07) is 3.68. The molecule has 1 aromatic carbocycles. The number of rotatable bonds is 5. The van der Waals surface area contributed by atoms with Crippen molar-refractivity contribution in [2.24, 2.45) is 0 Å². The molecule has 1 aromatic rings. The molecule has 0 heterocycles. The molecule has 0 saturated carbocycles. The number of hydrogen-bond donors (Lipinski definition) is 2. The summed E-state index contributed by atoms with van der Waals surface area (Å²) in [5, 5.41) is 11.8. The van der Waals surface area contributed by atoms with Gasteiger partial charge in [-0.25, -0.2) is 4.39 Å². The summed E-state index contributed by atoms with van der Waals surface area (Å²) in [6.07, 6.45) is 2.12. The molecule has 0 fully saturated rings.